The number of hydrogen-bond acceptors (Lipinski definition) is 7. The molecule has 1 unspecified atom stereocenters. The fraction of sp³-hybridized carbons (Fsp3) is 0.800. The second kappa shape index (κ2) is 5.72. The molecule has 0 spiro atoms. The summed E-state index contributed by atoms with van der Waals surface area (Å²) in [5.74, 6) is 5.44. The van der Waals surface area contributed by atoms with Crippen LogP contribution in [0.15, 0.2) is 0 Å². The van der Waals surface area contributed by atoms with Crippen LogP contribution in [0.5, 0.6) is 0 Å². The van der Waals surface area contributed by atoms with E-state index >= 15 is 0 Å². The third-order valence-corrected chi connectivity index (χ3v) is 3.92. The zero-order valence-electron chi connectivity index (χ0n) is 10.4. The van der Waals surface area contributed by atoms with Gasteiger partial charge in [-0.1, -0.05) is 4.49 Å². The number of aromatic nitrogens is 2. The van der Waals surface area contributed by atoms with Gasteiger partial charge in [0, 0.05) is 37.2 Å². The summed E-state index contributed by atoms with van der Waals surface area (Å²) in [5.41, 5.74) is 3.61. The molecule has 3 N–H and O–H groups in total. The molecule has 2 rings (SSSR count). The van der Waals surface area contributed by atoms with E-state index in [0.717, 1.165) is 36.9 Å². The Morgan fingerprint density at radius 2 is 2.35 bits per heavy atom. The normalized spacial score (nSPS) is 23.6. The molecule has 0 aromatic carbocycles. The SMILES string of the molecule is CC1CN(C)CCCN1Cc1nnsc1NN. The predicted octanol–water partition coefficient (Wildman–Crippen LogP) is 0.350. The number of likely N-dealkylation sites (N-methyl/N-ethyl adjacent to an activating group) is 1. The van der Waals surface area contributed by atoms with E-state index in [4.69, 9.17) is 5.84 Å². The summed E-state index contributed by atoms with van der Waals surface area (Å²) in [6.07, 6.45) is 1.20. The molecule has 1 saturated heterocycles. The molecule has 1 aromatic rings. The van der Waals surface area contributed by atoms with Crippen LogP contribution in [0, 0.1) is 0 Å². The van der Waals surface area contributed by atoms with Gasteiger partial charge >= 0.3 is 0 Å². The molecule has 0 aliphatic carbocycles. The molecule has 1 aromatic heterocycles. The maximum absolute atomic E-state index is 5.44. The minimum Gasteiger partial charge on any atom is -0.313 e. The van der Waals surface area contributed by atoms with Gasteiger partial charge in [-0.2, -0.15) is 0 Å². The van der Waals surface area contributed by atoms with Gasteiger partial charge in [-0.25, -0.2) is 5.84 Å². The number of hydrogen-bond donors (Lipinski definition) is 2. The Labute approximate surface area is 106 Å². The highest BCUT2D eigenvalue weighted by atomic mass is 32.1. The van der Waals surface area contributed by atoms with Crippen LogP contribution in [0.1, 0.15) is 19.0 Å². The number of nitrogen functional groups attached to an aromatic ring is 1. The minimum absolute atomic E-state index is 0.537. The van der Waals surface area contributed by atoms with Gasteiger partial charge in [0.25, 0.3) is 0 Å². The molecule has 0 bridgehead atoms. The monoisotopic (exact) mass is 256 g/mol. The first-order valence-corrected chi connectivity index (χ1v) is 6.68. The van der Waals surface area contributed by atoms with Crippen LogP contribution in [0.3, 0.4) is 0 Å². The van der Waals surface area contributed by atoms with Crippen LogP contribution < -0.4 is 11.3 Å². The summed E-state index contributed by atoms with van der Waals surface area (Å²) in [6.45, 7) is 6.45. The Morgan fingerprint density at radius 1 is 1.53 bits per heavy atom. The highest BCUT2D eigenvalue weighted by Gasteiger charge is 2.21. The average Bonchev–Trinajstić information content (AvgIpc) is 2.68. The molecule has 0 saturated carbocycles. The molecule has 96 valence electrons. The maximum atomic E-state index is 5.44. The van der Waals surface area contributed by atoms with E-state index in [0.29, 0.717) is 6.04 Å². The van der Waals surface area contributed by atoms with Gasteiger partial charge in [0.2, 0.25) is 0 Å². The summed E-state index contributed by atoms with van der Waals surface area (Å²) in [5, 5.41) is 5.01. The largest absolute Gasteiger partial charge is 0.313 e. The number of nitrogens with zero attached hydrogens (tertiary/aromatic N) is 4. The molecule has 1 aliphatic heterocycles. The van der Waals surface area contributed by atoms with E-state index in [2.05, 4.69) is 38.8 Å². The lowest BCUT2D eigenvalue weighted by molar-refractivity contribution is 0.193. The van der Waals surface area contributed by atoms with Crippen LogP contribution in [-0.4, -0.2) is 52.1 Å². The number of nitrogens with one attached hydrogen (secondary N) is 1. The smallest absolute Gasteiger partial charge is 0.148 e. The van der Waals surface area contributed by atoms with Crippen LogP contribution in [0.25, 0.3) is 0 Å². The second-order valence-corrected chi connectivity index (χ2v) is 5.38. The summed E-state index contributed by atoms with van der Waals surface area (Å²) >= 11 is 1.31. The Hall–Kier alpha value is -0.760. The van der Waals surface area contributed by atoms with Crippen molar-refractivity contribution in [2.24, 2.45) is 5.84 Å². The second-order valence-electron chi connectivity index (χ2n) is 4.63. The summed E-state index contributed by atoms with van der Waals surface area (Å²) in [6, 6.07) is 0.537. The lowest BCUT2D eigenvalue weighted by atomic mass is 10.2. The van der Waals surface area contributed by atoms with E-state index in [1.807, 2.05) is 0 Å². The van der Waals surface area contributed by atoms with Crippen molar-refractivity contribution in [1.82, 2.24) is 19.4 Å². The van der Waals surface area contributed by atoms with Crippen molar-refractivity contribution in [2.45, 2.75) is 25.9 Å². The maximum Gasteiger partial charge on any atom is 0.148 e. The van der Waals surface area contributed by atoms with Gasteiger partial charge in [0.05, 0.1) is 0 Å². The Kier molecular flexibility index (Phi) is 4.27. The van der Waals surface area contributed by atoms with Gasteiger partial charge < -0.3 is 10.3 Å². The third kappa shape index (κ3) is 3.12. The van der Waals surface area contributed by atoms with Gasteiger partial charge in [-0.3, -0.25) is 4.90 Å². The van der Waals surface area contributed by atoms with Crippen molar-refractivity contribution < 1.29 is 0 Å². The number of rotatable bonds is 3. The zero-order valence-corrected chi connectivity index (χ0v) is 11.2. The van der Waals surface area contributed by atoms with E-state index in [1.54, 1.807) is 0 Å². The number of anilines is 1. The first-order chi connectivity index (χ1) is 8.20. The van der Waals surface area contributed by atoms with Crippen LogP contribution >= 0.6 is 11.5 Å². The molecule has 1 aliphatic rings. The van der Waals surface area contributed by atoms with E-state index in [9.17, 15) is 0 Å². The zero-order chi connectivity index (χ0) is 12.3. The first-order valence-electron chi connectivity index (χ1n) is 5.91. The fourth-order valence-corrected chi connectivity index (χ4v) is 2.76. The van der Waals surface area contributed by atoms with E-state index in [-0.39, 0.29) is 0 Å². The van der Waals surface area contributed by atoms with Crippen LogP contribution in [0.4, 0.5) is 5.00 Å². The Bertz CT molecular complexity index is 354. The van der Waals surface area contributed by atoms with Crippen molar-refractivity contribution in [3.05, 3.63) is 5.69 Å². The number of hydrazine groups is 1. The molecular formula is C10H20N6S. The minimum atomic E-state index is 0.537. The Morgan fingerprint density at radius 3 is 3.12 bits per heavy atom. The average molecular weight is 256 g/mol. The van der Waals surface area contributed by atoms with Crippen LogP contribution in [0.2, 0.25) is 0 Å². The lowest BCUT2D eigenvalue weighted by Crippen LogP contribution is -2.37. The number of nitrogens with two attached hydrogens (primary N) is 1. The van der Waals surface area contributed by atoms with Crippen molar-refractivity contribution >= 4 is 16.5 Å². The molecule has 0 amide bonds. The van der Waals surface area contributed by atoms with Gasteiger partial charge in [0.15, 0.2) is 0 Å². The molecule has 1 atom stereocenters. The van der Waals surface area contributed by atoms with Crippen LogP contribution in [-0.2, 0) is 6.54 Å². The predicted molar refractivity (Wildman–Crippen MR) is 69.7 cm³/mol. The van der Waals surface area contributed by atoms with Crippen molar-refractivity contribution in [3.63, 3.8) is 0 Å². The topological polar surface area (TPSA) is 70.3 Å². The summed E-state index contributed by atoms with van der Waals surface area (Å²) in [7, 11) is 2.18. The van der Waals surface area contributed by atoms with Gasteiger partial charge in [-0.15, -0.1) is 5.10 Å². The summed E-state index contributed by atoms with van der Waals surface area (Å²) < 4.78 is 3.93. The standard InChI is InChI=1S/C10H20N6S/c1-8-6-15(2)4-3-5-16(8)7-9-10(12-11)17-14-13-9/h8,12H,3-7,11H2,1-2H3. The molecule has 7 heteroatoms. The van der Waals surface area contributed by atoms with E-state index < -0.39 is 0 Å². The molecule has 17 heavy (non-hydrogen) atoms. The Balaban J connectivity index is 2.02. The lowest BCUT2D eigenvalue weighted by Gasteiger charge is -2.27. The van der Waals surface area contributed by atoms with Gasteiger partial charge in [-0.05, 0) is 26.9 Å². The van der Waals surface area contributed by atoms with Crippen molar-refractivity contribution in [2.75, 3.05) is 32.1 Å². The molecule has 1 fully saturated rings. The quantitative estimate of drug-likeness (QED) is 0.601. The third-order valence-electron chi connectivity index (χ3n) is 3.22. The van der Waals surface area contributed by atoms with Gasteiger partial charge in [0.1, 0.15) is 10.7 Å². The highest BCUT2D eigenvalue weighted by molar-refractivity contribution is 7.10. The van der Waals surface area contributed by atoms with E-state index in [1.165, 1.54) is 18.0 Å². The molecule has 2 heterocycles. The molecule has 0 radical (unpaired) electrons. The summed E-state index contributed by atoms with van der Waals surface area (Å²) in [4.78, 5) is 4.83. The molecular weight excluding hydrogens is 236 g/mol. The molecule has 6 nitrogen and oxygen atoms in total. The fourth-order valence-electron chi connectivity index (χ4n) is 2.27. The first kappa shape index (κ1) is 12.7. The van der Waals surface area contributed by atoms with Crippen molar-refractivity contribution in [1.29, 1.82) is 0 Å². The highest BCUT2D eigenvalue weighted by Crippen LogP contribution is 2.20. The van der Waals surface area contributed by atoms with Crippen molar-refractivity contribution in [3.8, 4) is 0 Å².